The number of nitrogens with one attached hydrogen (secondary N) is 1. The summed E-state index contributed by atoms with van der Waals surface area (Å²) in [6.45, 7) is 4.15. The summed E-state index contributed by atoms with van der Waals surface area (Å²) in [6.07, 6.45) is 0.538. The molecule has 0 fully saturated rings. The molecular weight excluding hydrogens is 352 g/mol. The van der Waals surface area contributed by atoms with Gasteiger partial charge in [0.15, 0.2) is 0 Å². The van der Waals surface area contributed by atoms with E-state index in [1.54, 1.807) is 0 Å². The van der Waals surface area contributed by atoms with Gasteiger partial charge in [-0.15, -0.1) is 0 Å². The first-order valence-electron chi connectivity index (χ1n) is 9.50. The summed E-state index contributed by atoms with van der Waals surface area (Å²) in [6, 6.07) is 19.4. The molecule has 0 saturated heterocycles. The fourth-order valence-corrected chi connectivity index (χ4v) is 3.44. The predicted octanol–water partition coefficient (Wildman–Crippen LogP) is 4.01. The number of ether oxygens (including phenoxy) is 1. The summed E-state index contributed by atoms with van der Waals surface area (Å²) < 4.78 is 6.84. The molecule has 0 aliphatic carbocycles. The Morgan fingerprint density at radius 1 is 1.04 bits per heavy atom. The minimum atomic E-state index is -0.639. The number of carbonyl (C=O) groups is 2. The summed E-state index contributed by atoms with van der Waals surface area (Å²) in [5.74, 6) is -0.367. The molecule has 0 spiro atoms. The molecule has 1 amide bonds. The van der Waals surface area contributed by atoms with Crippen molar-refractivity contribution in [2.75, 3.05) is 7.11 Å². The van der Waals surface area contributed by atoms with E-state index in [9.17, 15) is 9.59 Å². The van der Waals surface area contributed by atoms with Crippen LogP contribution in [0.1, 0.15) is 20.3 Å². The summed E-state index contributed by atoms with van der Waals surface area (Å²) >= 11 is 0. The van der Waals surface area contributed by atoms with Crippen LogP contribution in [0.4, 0.5) is 0 Å². The molecule has 146 valence electrons. The third-order valence-electron chi connectivity index (χ3n) is 4.71. The van der Waals surface area contributed by atoms with Crippen molar-refractivity contribution in [3.05, 3.63) is 60.7 Å². The van der Waals surface area contributed by atoms with Gasteiger partial charge in [0.1, 0.15) is 12.6 Å². The molecule has 0 aliphatic heterocycles. The molecule has 0 bridgehead atoms. The summed E-state index contributed by atoms with van der Waals surface area (Å²) in [7, 11) is 1.34. The molecule has 28 heavy (non-hydrogen) atoms. The third-order valence-corrected chi connectivity index (χ3v) is 4.71. The zero-order valence-electron chi connectivity index (χ0n) is 16.5. The Hall–Kier alpha value is -3.08. The van der Waals surface area contributed by atoms with Crippen molar-refractivity contribution in [3.8, 4) is 11.3 Å². The Morgan fingerprint density at radius 2 is 1.71 bits per heavy atom. The van der Waals surface area contributed by atoms with Crippen LogP contribution in [0.2, 0.25) is 0 Å². The van der Waals surface area contributed by atoms with Crippen molar-refractivity contribution in [2.24, 2.45) is 5.92 Å². The van der Waals surface area contributed by atoms with Crippen molar-refractivity contribution in [1.82, 2.24) is 9.88 Å². The first-order chi connectivity index (χ1) is 13.5. The second-order valence-corrected chi connectivity index (χ2v) is 7.31. The predicted molar refractivity (Wildman–Crippen MR) is 111 cm³/mol. The number of hydrogen-bond donors (Lipinski definition) is 1. The number of nitrogens with zero attached hydrogens (tertiary/aromatic N) is 1. The lowest BCUT2D eigenvalue weighted by Gasteiger charge is -2.19. The van der Waals surface area contributed by atoms with Crippen LogP contribution in [0.5, 0.6) is 0 Å². The third kappa shape index (κ3) is 4.42. The standard InChI is InChI=1S/C23H26N2O3/c1-16(2)13-19(23(27)28-3)24-22(26)15-25-20-12-8-7-11-18(20)14-21(25)17-9-5-4-6-10-17/h4-12,14,16,19H,13,15H2,1-3H3,(H,24,26). The lowest BCUT2D eigenvalue weighted by molar-refractivity contribution is -0.145. The number of carbonyl (C=O) groups excluding carboxylic acids is 2. The quantitative estimate of drug-likeness (QED) is 0.632. The fraction of sp³-hybridized carbons (Fsp3) is 0.304. The maximum atomic E-state index is 12.8. The molecule has 1 unspecified atom stereocenters. The molecule has 2 aromatic carbocycles. The number of methoxy groups -OCH3 is 1. The Labute approximate surface area is 165 Å². The van der Waals surface area contributed by atoms with Gasteiger partial charge < -0.3 is 14.6 Å². The summed E-state index contributed by atoms with van der Waals surface area (Å²) in [4.78, 5) is 24.9. The van der Waals surface area contributed by atoms with Crippen LogP contribution in [0.15, 0.2) is 60.7 Å². The SMILES string of the molecule is COC(=O)C(CC(C)C)NC(=O)Cn1c(-c2ccccc2)cc2ccccc21. The normalized spacial score (nSPS) is 12.1. The van der Waals surface area contributed by atoms with Gasteiger partial charge in [0.25, 0.3) is 0 Å². The highest BCUT2D eigenvalue weighted by atomic mass is 16.5. The number of fused-ring (bicyclic) bond motifs is 1. The Morgan fingerprint density at radius 3 is 2.39 bits per heavy atom. The molecule has 1 N–H and O–H groups in total. The van der Waals surface area contributed by atoms with E-state index in [0.29, 0.717) is 6.42 Å². The number of esters is 1. The van der Waals surface area contributed by atoms with E-state index in [-0.39, 0.29) is 18.4 Å². The summed E-state index contributed by atoms with van der Waals surface area (Å²) in [5, 5.41) is 3.92. The van der Waals surface area contributed by atoms with Gasteiger partial charge in [-0.25, -0.2) is 4.79 Å². The summed E-state index contributed by atoms with van der Waals surface area (Å²) in [5.41, 5.74) is 2.99. The van der Waals surface area contributed by atoms with Crippen molar-refractivity contribution >= 4 is 22.8 Å². The second-order valence-electron chi connectivity index (χ2n) is 7.31. The van der Waals surface area contributed by atoms with E-state index in [1.807, 2.05) is 73.0 Å². The minimum Gasteiger partial charge on any atom is -0.467 e. The molecule has 3 aromatic rings. The highest BCUT2D eigenvalue weighted by Crippen LogP contribution is 2.28. The molecule has 1 heterocycles. The van der Waals surface area contributed by atoms with E-state index in [2.05, 4.69) is 11.4 Å². The highest BCUT2D eigenvalue weighted by molar-refractivity contribution is 5.90. The Balaban J connectivity index is 1.90. The molecule has 0 radical (unpaired) electrons. The Bertz CT molecular complexity index is 960. The number of aromatic nitrogens is 1. The monoisotopic (exact) mass is 378 g/mol. The number of rotatable bonds is 7. The lowest BCUT2D eigenvalue weighted by Crippen LogP contribution is -2.43. The zero-order chi connectivity index (χ0) is 20.1. The molecule has 1 aromatic heterocycles. The molecule has 0 saturated carbocycles. The van der Waals surface area contributed by atoms with Crippen LogP contribution in [0.25, 0.3) is 22.2 Å². The van der Waals surface area contributed by atoms with Gasteiger partial charge in [-0.1, -0.05) is 62.4 Å². The van der Waals surface area contributed by atoms with Crippen LogP contribution in [0, 0.1) is 5.92 Å². The molecule has 1 atom stereocenters. The van der Waals surface area contributed by atoms with Crippen LogP contribution in [-0.4, -0.2) is 29.6 Å². The zero-order valence-corrected chi connectivity index (χ0v) is 16.5. The van der Waals surface area contributed by atoms with Crippen molar-refractivity contribution in [2.45, 2.75) is 32.9 Å². The Kier molecular flexibility index (Phi) is 6.14. The number of para-hydroxylation sites is 1. The maximum absolute atomic E-state index is 12.8. The highest BCUT2D eigenvalue weighted by Gasteiger charge is 2.23. The number of hydrogen-bond acceptors (Lipinski definition) is 3. The van der Waals surface area contributed by atoms with Crippen LogP contribution in [0.3, 0.4) is 0 Å². The van der Waals surface area contributed by atoms with E-state index >= 15 is 0 Å². The molecule has 5 heteroatoms. The molecule has 0 aliphatic rings. The van der Waals surface area contributed by atoms with E-state index in [1.165, 1.54) is 7.11 Å². The second kappa shape index (κ2) is 8.74. The van der Waals surface area contributed by atoms with E-state index in [0.717, 1.165) is 22.2 Å². The van der Waals surface area contributed by atoms with Crippen LogP contribution in [-0.2, 0) is 20.9 Å². The van der Waals surface area contributed by atoms with Gasteiger partial charge >= 0.3 is 5.97 Å². The molecular formula is C23H26N2O3. The van der Waals surface area contributed by atoms with Gasteiger partial charge in [-0.05, 0) is 30.0 Å². The van der Waals surface area contributed by atoms with Crippen LogP contribution < -0.4 is 5.32 Å². The van der Waals surface area contributed by atoms with Gasteiger partial charge in [-0.3, -0.25) is 4.79 Å². The smallest absolute Gasteiger partial charge is 0.328 e. The fourth-order valence-electron chi connectivity index (χ4n) is 3.44. The van der Waals surface area contributed by atoms with Crippen molar-refractivity contribution < 1.29 is 14.3 Å². The number of benzene rings is 2. The van der Waals surface area contributed by atoms with Crippen LogP contribution >= 0.6 is 0 Å². The van der Waals surface area contributed by atoms with E-state index < -0.39 is 12.0 Å². The number of amides is 1. The average molecular weight is 378 g/mol. The van der Waals surface area contributed by atoms with Crippen molar-refractivity contribution in [1.29, 1.82) is 0 Å². The molecule has 3 rings (SSSR count). The molecule has 5 nitrogen and oxygen atoms in total. The first kappa shape index (κ1) is 19.7. The lowest BCUT2D eigenvalue weighted by atomic mass is 10.0. The largest absolute Gasteiger partial charge is 0.467 e. The maximum Gasteiger partial charge on any atom is 0.328 e. The van der Waals surface area contributed by atoms with Gasteiger partial charge in [0, 0.05) is 16.6 Å². The minimum absolute atomic E-state index is 0.128. The van der Waals surface area contributed by atoms with Gasteiger partial charge in [0.2, 0.25) is 5.91 Å². The average Bonchev–Trinajstić information content (AvgIpc) is 3.05. The van der Waals surface area contributed by atoms with Gasteiger partial charge in [0.05, 0.1) is 7.11 Å². The van der Waals surface area contributed by atoms with E-state index in [4.69, 9.17) is 4.74 Å². The first-order valence-corrected chi connectivity index (χ1v) is 9.50. The van der Waals surface area contributed by atoms with Crippen molar-refractivity contribution in [3.63, 3.8) is 0 Å². The topological polar surface area (TPSA) is 60.3 Å². The van der Waals surface area contributed by atoms with Gasteiger partial charge in [-0.2, -0.15) is 0 Å².